The van der Waals surface area contributed by atoms with Gasteiger partial charge in [-0.2, -0.15) is 0 Å². The second kappa shape index (κ2) is 13.1. The van der Waals surface area contributed by atoms with Crippen molar-refractivity contribution < 1.29 is 20.1 Å². The van der Waals surface area contributed by atoms with E-state index >= 15 is 0 Å². The largest absolute Gasteiger partial charge is 0.508 e. The molecule has 1 rings (SSSR count). The molecule has 0 saturated heterocycles. The molecule has 0 spiro atoms. The van der Waals surface area contributed by atoms with Gasteiger partial charge in [-0.1, -0.05) is 39.7 Å². The molecule has 0 saturated carbocycles. The van der Waals surface area contributed by atoms with E-state index in [0.717, 1.165) is 63.0 Å². The zero-order chi connectivity index (χ0) is 20.1. The van der Waals surface area contributed by atoms with Crippen molar-refractivity contribution in [2.75, 3.05) is 19.8 Å². The minimum atomic E-state index is -0.230. The third kappa shape index (κ3) is 10.1. The molecule has 0 heterocycles. The summed E-state index contributed by atoms with van der Waals surface area (Å²) in [5.74, 6) is 0.0778. The summed E-state index contributed by atoms with van der Waals surface area (Å²) < 4.78 is 5.69. The number of aliphatic hydroxyl groups is 2. The van der Waals surface area contributed by atoms with Gasteiger partial charge in [0.15, 0.2) is 0 Å². The maximum Gasteiger partial charge on any atom is 0.121 e. The van der Waals surface area contributed by atoms with E-state index in [4.69, 9.17) is 4.74 Å². The van der Waals surface area contributed by atoms with Crippen LogP contribution in [0.2, 0.25) is 0 Å². The van der Waals surface area contributed by atoms with Crippen LogP contribution in [0, 0.1) is 5.41 Å². The zero-order valence-electron chi connectivity index (χ0n) is 17.4. The topological polar surface area (TPSA) is 82.0 Å². The molecule has 0 aliphatic heterocycles. The standard InChI is InChI=1S/C22H39NO4/c1-22(2,3)11-8-14-27-13-7-5-4-6-12-23-15-19-18(16-24)9-10-21(26)20(19)17-25/h9-10,23-26H,4-8,11-17H2,1-3H3. The summed E-state index contributed by atoms with van der Waals surface area (Å²) in [7, 11) is 0. The number of hydrogen-bond acceptors (Lipinski definition) is 5. The Labute approximate surface area is 164 Å². The van der Waals surface area contributed by atoms with Gasteiger partial charge >= 0.3 is 0 Å². The third-order valence-electron chi connectivity index (χ3n) is 4.74. The fourth-order valence-corrected chi connectivity index (χ4v) is 3.10. The molecule has 0 amide bonds. The van der Waals surface area contributed by atoms with Crippen molar-refractivity contribution in [2.45, 2.75) is 79.1 Å². The molecule has 5 nitrogen and oxygen atoms in total. The number of hydrogen-bond donors (Lipinski definition) is 4. The van der Waals surface area contributed by atoms with E-state index < -0.39 is 0 Å². The van der Waals surface area contributed by atoms with Crippen LogP contribution in [-0.2, 0) is 24.5 Å². The summed E-state index contributed by atoms with van der Waals surface area (Å²) in [5, 5.41) is 32.1. The van der Waals surface area contributed by atoms with Crippen LogP contribution in [0.3, 0.4) is 0 Å². The monoisotopic (exact) mass is 381 g/mol. The number of benzene rings is 1. The number of phenols is 1. The van der Waals surface area contributed by atoms with Crippen molar-refractivity contribution in [1.29, 1.82) is 0 Å². The molecule has 0 atom stereocenters. The molecule has 0 fully saturated rings. The average Bonchev–Trinajstić information content (AvgIpc) is 2.62. The van der Waals surface area contributed by atoms with E-state index in [2.05, 4.69) is 26.1 Å². The van der Waals surface area contributed by atoms with Gasteiger partial charge in [-0.3, -0.25) is 0 Å². The lowest BCUT2D eigenvalue weighted by Gasteiger charge is -2.17. The normalized spacial score (nSPS) is 11.9. The number of aromatic hydroxyl groups is 1. The summed E-state index contributed by atoms with van der Waals surface area (Å²) >= 11 is 0. The predicted molar refractivity (Wildman–Crippen MR) is 110 cm³/mol. The molecule has 0 bridgehead atoms. The van der Waals surface area contributed by atoms with Crippen molar-refractivity contribution in [1.82, 2.24) is 5.32 Å². The Bertz CT molecular complexity index is 526. The number of rotatable bonds is 14. The molecular formula is C22H39NO4. The molecule has 1 aromatic carbocycles. The van der Waals surface area contributed by atoms with E-state index in [9.17, 15) is 15.3 Å². The van der Waals surface area contributed by atoms with Gasteiger partial charge in [0, 0.05) is 25.3 Å². The average molecular weight is 382 g/mol. The third-order valence-corrected chi connectivity index (χ3v) is 4.74. The van der Waals surface area contributed by atoms with Crippen LogP contribution in [0.4, 0.5) is 0 Å². The van der Waals surface area contributed by atoms with Crippen LogP contribution in [0.15, 0.2) is 12.1 Å². The lowest BCUT2D eigenvalue weighted by Crippen LogP contribution is -2.17. The maximum absolute atomic E-state index is 9.85. The van der Waals surface area contributed by atoms with E-state index in [-0.39, 0.29) is 19.0 Å². The van der Waals surface area contributed by atoms with Crippen LogP contribution in [0.25, 0.3) is 0 Å². The first-order valence-corrected chi connectivity index (χ1v) is 10.2. The molecule has 1 aromatic rings. The number of unbranched alkanes of at least 4 members (excludes halogenated alkanes) is 3. The summed E-state index contributed by atoms with van der Waals surface area (Å²) in [4.78, 5) is 0. The Morgan fingerprint density at radius 2 is 1.59 bits per heavy atom. The second-order valence-electron chi connectivity index (χ2n) is 8.38. The van der Waals surface area contributed by atoms with Crippen molar-refractivity contribution in [2.24, 2.45) is 5.41 Å². The zero-order valence-corrected chi connectivity index (χ0v) is 17.4. The molecular weight excluding hydrogens is 342 g/mol. The lowest BCUT2D eigenvalue weighted by molar-refractivity contribution is 0.118. The Morgan fingerprint density at radius 3 is 2.26 bits per heavy atom. The second-order valence-corrected chi connectivity index (χ2v) is 8.38. The number of aliphatic hydroxyl groups excluding tert-OH is 2. The Kier molecular flexibility index (Phi) is 11.6. The minimum absolute atomic E-state index is 0.0778. The first-order chi connectivity index (χ1) is 12.9. The highest BCUT2D eigenvalue weighted by molar-refractivity contribution is 5.43. The first kappa shape index (κ1) is 23.9. The van der Waals surface area contributed by atoms with Gasteiger partial charge in [0.1, 0.15) is 5.75 Å². The molecule has 0 aliphatic carbocycles. The smallest absolute Gasteiger partial charge is 0.121 e. The molecule has 0 aromatic heterocycles. The van der Waals surface area contributed by atoms with Gasteiger partial charge < -0.3 is 25.4 Å². The Morgan fingerprint density at radius 1 is 0.889 bits per heavy atom. The fraction of sp³-hybridized carbons (Fsp3) is 0.727. The number of ether oxygens (including phenoxy) is 1. The van der Waals surface area contributed by atoms with Crippen molar-refractivity contribution in [3.63, 3.8) is 0 Å². The highest BCUT2D eigenvalue weighted by Crippen LogP contribution is 2.25. The van der Waals surface area contributed by atoms with Crippen molar-refractivity contribution in [3.05, 3.63) is 28.8 Å². The summed E-state index contributed by atoms with van der Waals surface area (Å²) in [6.45, 7) is 9.58. The Hall–Kier alpha value is -1.14. The fourth-order valence-electron chi connectivity index (χ4n) is 3.10. The van der Waals surface area contributed by atoms with Gasteiger partial charge in [0.25, 0.3) is 0 Å². The Balaban J connectivity index is 2.09. The minimum Gasteiger partial charge on any atom is -0.508 e. The lowest BCUT2D eigenvalue weighted by atomic mass is 9.91. The van der Waals surface area contributed by atoms with Crippen LogP contribution in [-0.4, -0.2) is 35.1 Å². The van der Waals surface area contributed by atoms with E-state index in [1.165, 1.54) is 12.5 Å². The van der Waals surface area contributed by atoms with Gasteiger partial charge in [-0.05, 0) is 54.8 Å². The quantitative estimate of drug-likeness (QED) is 0.368. The maximum atomic E-state index is 9.85. The molecule has 27 heavy (non-hydrogen) atoms. The van der Waals surface area contributed by atoms with E-state index in [1.54, 1.807) is 6.07 Å². The van der Waals surface area contributed by atoms with Crippen molar-refractivity contribution in [3.8, 4) is 5.75 Å². The molecule has 0 aliphatic rings. The van der Waals surface area contributed by atoms with E-state index in [1.807, 2.05) is 0 Å². The van der Waals surface area contributed by atoms with Crippen LogP contribution in [0.1, 0.15) is 76.0 Å². The summed E-state index contributed by atoms with van der Waals surface area (Å²) in [5.41, 5.74) is 2.43. The van der Waals surface area contributed by atoms with E-state index in [0.29, 0.717) is 17.5 Å². The number of nitrogens with one attached hydrogen (secondary N) is 1. The van der Waals surface area contributed by atoms with Crippen LogP contribution >= 0.6 is 0 Å². The van der Waals surface area contributed by atoms with Gasteiger partial charge in [0.05, 0.1) is 13.2 Å². The molecule has 4 N–H and O–H groups in total. The first-order valence-electron chi connectivity index (χ1n) is 10.2. The van der Waals surface area contributed by atoms with Crippen LogP contribution < -0.4 is 5.32 Å². The predicted octanol–water partition coefficient (Wildman–Crippen LogP) is 3.87. The van der Waals surface area contributed by atoms with Gasteiger partial charge in [-0.25, -0.2) is 0 Å². The van der Waals surface area contributed by atoms with Gasteiger partial charge in [0.2, 0.25) is 0 Å². The van der Waals surface area contributed by atoms with Gasteiger partial charge in [-0.15, -0.1) is 0 Å². The van der Waals surface area contributed by atoms with Crippen molar-refractivity contribution >= 4 is 0 Å². The summed E-state index contributed by atoms with van der Waals surface area (Å²) in [6.07, 6.45) is 6.83. The summed E-state index contributed by atoms with van der Waals surface area (Å²) in [6, 6.07) is 3.22. The highest BCUT2D eigenvalue weighted by atomic mass is 16.5. The molecule has 0 radical (unpaired) electrons. The molecule has 5 heteroatoms. The molecule has 0 unspecified atom stereocenters. The SMILES string of the molecule is CC(C)(C)CCCOCCCCCCNCc1c(CO)ccc(O)c1CO. The van der Waals surface area contributed by atoms with Crippen LogP contribution in [0.5, 0.6) is 5.75 Å². The molecule has 156 valence electrons. The highest BCUT2D eigenvalue weighted by Gasteiger charge is 2.11.